The Morgan fingerprint density at radius 2 is 2.09 bits per heavy atom. The number of ether oxygens (including phenoxy) is 2. The van der Waals surface area contributed by atoms with Crippen molar-refractivity contribution < 1.29 is 14.3 Å². The molecule has 0 aromatic heterocycles. The summed E-state index contributed by atoms with van der Waals surface area (Å²) in [7, 11) is 0. The molecule has 5 nitrogen and oxygen atoms in total. The second-order valence-corrected chi connectivity index (χ2v) is 5.66. The number of fused-ring (bicyclic) bond motifs is 1. The first-order valence-corrected chi connectivity index (χ1v) is 7.77. The third-order valence-electron chi connectivity index (χ3n) is 4.06. The third kappa shape index (κ3) is 4.08. The molecule has 3 rings (SSSR count). The minimum absolute atomic E-state index is 0.0444. The molecule has 0 radical (unpaired) electrons. The van der Waals surface area contributed by atoms with Crippen molar-refractivity contribution in [1.29, 1.82) is 0 Å². The standard InChI is InChI=1S/C17H22N2O3/c20-17(18-10-13-5-7-21-8-6-13)19-11-16-9-14-3-1-2-4-15(14)12-22-16/h1-5,16H,6-12H2,(H2,18,19,20)/t16-/m0/s1. The second kappa shape index (κ2) is 7.42. The van der Waals surface area contributed by atoms with E-state index in [9.17, 15) is 4.79 Å². The average molecular weight is 302 g/mol. The van der Waals surface area contributed by atoms with Gasteiger partial charge in [0.15, 0.2) is 0 Å². The quantitative estimate of drug-likeness (QED) is 0.834. The number of benzene rings is 1. The maximum atomic E-state index is 11.8. The van der Waals surface area contributed by atoms with Gasteiger partial charge in [-0.2, -0.15) is 0 Å². The van der Waals surface area contributed by atoms with Crippen LogP contribution in [0.4, 0.5) is 4.79 Å². The van der Waals surface area contributed by atoms with Gasteiger partial charge in [-0.15, -0.1) is 0 Å². The highest BCUT2D eigenvalue weighted by Crippen LogP contribution is 2.19. The minimum atomic E-state index is -0.144. The average Bonchev–Trinajstić information content (AvgIpc) is 2.59. The number of rotatable bonds is 4. The first-order valence-electron chi connectivity index (χ1n) is 7.77. The topological polar surface area (TPSA) is 59.6 Å². The maximum absolute atomic E-state index is 11.8. The molecule has 0 spiro atoms. The molecule has 0 saturated heterocycles. The Balaban J connectivity index is 1.39. The molecule has 0 saturated carbocycles. The zero-order valence-electron chi connectivity index (χ0n) is 12.6. The molecule has 2 aliphatic heterocycles. The molecule has 1 aromatic rings. The largest absolute Gasteiger partial charge is 0.377 e. The van der Waals surface area contributed by atoms with E-state index in [2.05, 4.69) is 22.8 Å². The number of amides is 2. The third-order valence-corrected chi connectivity index (χ3v) is 4.06. The Morgan fingerprint density at radius 3 is 2.91 bits per heavy atom. The number of urea groups is 1. The zero-order chi connectivity index (χ0) is 15.2. The van der Waals surface area contributed by atoms with Crippen molar-refractivity contribution in [2.24, 2.45) is 0 Å². The molecule has 2 N–H and O–H groups in total. The Bertz CT molecular complexity index is 557. The molecule has 22 heavy (non-hydrogen) atoms. The summed E-state index contributed by atoms with van der Waals surface area (Å²) in [5.74, 6) is 0. The summed E-state index contributed by atoms with van der Waals surface area (Å²) in [5, 5.41) is 5.77. The maximum Gasteiger partial charge on any atom is 0.315 e. The van der Waals surface area contributed by atoms with Crippen LogP contribution < -0.4 is 10.6 Å². The normalized spacial score (nSPS) is 20.7. The van der Waals surface area contributed by atoms with Crippen LogP contribution in [0.5, 0.6) is 0 Å². The summed E-state index contributed by atoms with van der Waals surface area (Å²) < 4.78 is 11.0. The van der Waals surface area contributed by atoms with Crippen molar-refractivity contribution in [3.63, 3.8) is 0 Å². The fraction of sp³-hybridized carbons (Fsp3) is 0.471. The zero-order valence-corrected chi connectivity index (χ0v) is 12.6. The van der Waals surface area contributed by atoms with Gasteiger partial charge in [-0.25, -0.2) is 4.79 Å². The van der Waals surface area contributed by atoms with Gasteiger partial charge in [-0.05, 0) is 17.5 Å². The van der Waals surface area contributed by atoms with Crippen molar-refractivity contribution in [3.05, 3.63) is 47.0 Å². The Kier molecular flexibility index (Phi) is 5.08. The molecule has 1 atom stereocenters. The van der Waals surface area contributed by atoms with Crippen molar-refractivity contribution >= 4 is 6.03 Å². The summed E-state index contributed by atoms with van der Waals surface area (Å²) in [6.07, 6.45) is 3.81. The predicted octanol–water partition coefficient (Wildman–Crippen LogP) is 1.77. The lowest BCUT2D eigenvalue weighted by molar-refractivity contribution is 0.0306. The van der Waals surface area contributed by atoms with E-state index in [1.807, 2.05) is 18.2 Å². The summed E-state index contributed by atoms with van der Waals surface area (Å²) in [6, 6.07) is 8.15. The van der Waals surface area contributed by atoms with Gasteiger partial charge in [0, 0.05) is 19.5 Å². The van der Waals surface area contributed by atoms with Crippen molar-refractivity contribution in [1.82, 2.24) is 10.6 Å². The summed E-state index contributed by atoms with van der Waals surface area (Å²) in [5.41, 5.74) is 3.78. The van der Waals surface area contributed by atoms with Crippen LogP contribution in [0, 0.1) is 0 Å². The van der Waals surface area contributed by atoms with Gasteiger partial charge in [0.1, 0.15) is 0 Å². The van der Waals surface area contributed by atoms with E-state index >= 15 is 0 Å². The van der Waals surface area contributed by atoms with E-state index in [0.29, 0.717) is 26.3 Å². The summed E-state index contributed by atoms with van der Waals surface area (Å²) in [6.45, 7) is 3.13. The Labute approximate surface area is 130 Å². The van der Waals surface area contributed by atoms with Gasteiger partial charge in [0.05, 0.1) is 25.9 Å². The van der Waals surface area contributed by atoms with Crippen LogP contribution in [0.2, 0.25) is 0 Å². The van der Waals surface area contributed by atoms with E-state index in [4.69, 9.17) is 9.47 Å². The van der Waals surface area contributed by atoms with Crippen LogP contribution in [-0.2, 0) is 22.5 Å². The predicted molar refractivity (Wildman–Crippen MR) is 83.6 cm³/mol. The van der Waals surface area contributed by atoms with Crippen LogP contribution in [0.1, 0.15) is 17.5 Å². The lowest BCUT2D eigenvalue weighted by Crippen LogP contribution is -2.42. The van der Waals surface area contributed by atoms with E-state index in [0.717, 1.165) is 19.4 Å². The van der Waals surface area contributed by atoms with E-state index in [-0.39, 0.29) is 12.1 Å². The summed E-state index contributed by atoms with van der Waals surface area (Å²) >= 11 is 0. The van der Waals surface area contributed by atoms with E-state index < -0.39 is 0 Å². The smallest absolute Gasteiger partial charge is 0.315 e. The molecule has 0 unspecified atom stereocenters. The lowest BCUT2D eigenvalue weighted by Gasteiger charge is -2.25. The molecule has 118 valence electrons. The molecule has 5 heteroatoms. The van der Waals surface area contributed by atoms with Gasteiger partial charge in [0.2, 0.25) is 0 Å². The molecule has 2 aliphatic rings. The molecule has 2 amide bonds. The second-order valence-electron chi connectivity index (χ2n) is 5.66. The number of nitrogens with one attached hydrogen (secondary N) is 2. The fourth-order valence-corrected chi connectivity index (χ4v) is 2.73. The SMILES string of the molecule is O=C(NCC1=CCOCC1)NC[C@@H]1Cc2ccccc2CO1. The molecule has 0 fully saturated rings. The Hall–Kier alpha value is -1.85. The number of carbonyl (C=O) groups excluding carboxylic acids is 1. The van der Waals surface area contributed by atoms with E-state index in [1.165, 1.54) is 16.7 Å². The molecule has 2 heterocycles. The highest BCUT2D eigenvalue weighted by Gasteiger charge is 2.19. The van der Waals surface area contributed by atoms with Crippen LogP contribution in [0.25, 0.3) is 0 Å². The van der Waals surface area contributed by atoms with Gasteiger partial charge >= 0.3 is 6.03 Å². The first-order chi connectivity index (χ1) is 10.8. The monoisotopic (exact) mass is 302 g/mol. The van der Waals surface area contributed by atoms with E-state index in [1.54, 1.807) is 0 Å². The van der Waals surface area contributed by atoms with Crippen LogP contribution in [-0.4, -0.2) is 38.4 Å². The van der Waals surface area contributed by atoms with Crippen LogP contribution >= 0.6 is 0 Å². The van der Waals surface area contributed by atoms with Gasteiger partial charge in [-0.3, -0.25) is 0 Å². The highest BCUT2D eigenvalue weighted by atomic mass is 16.5. The number of hydrogen-bond donors (Lipinski definition) is 2. The van der Waals surface area contributed by atoms with Crippen molar-refractivity contribution in [3.8, 4) is 0 Å². The summed E-state index contributed by atoms with van der Waals surface area (Å²) in [4.78, 5) is 11.8. The first kappa shape index (κ1) is 15.1. The minimum Gasteiger partial charge on any atom is -0.377 e. The molecular formula is C17H22N2O3. The number of hydrogen-bond acceptors (Lipinski definition) is 3. The van der Waals surface area contributed by atoms with Gasteiger partial charge in [-0.1, -0.05) is 35.9 Å². The fourth-order valence-electron chi connectivity index (χ4n) is 2.73. The molecule has 1 aromatic carbocycles. The van der Waals surface area contributed by atoms with Crippen molar-refractivity contribution in [2.45, 2.75) is 25.6 Å². The molecule has 0 bridgehead atoms. The number of carbonyl (C=O) groups is 1. The molecule has 0 aliphatic carbocycles. The Morgan fingerprint density at radius 1 is 1.23 bits per heavy atom. The van der Waals surface area contributed by atoms with Crippen molar-refractivity contribution in [2.75, 3.05) is 26.3 Å². The van der Waals surface area contributed by atoms with Crippen LogP contribution in [0.3, 0.4) is 0 Å². The van der Waals surface area contributed by atoms with Crippen LogP contribution in [0.15, 0.2) is 35.9 Å². The highest BCUT2D eigenvalue weighted by molar-refractivity contribution is 5.74. The molecular weight excluding hydrogens is 280 g/mol. The van der Waals surface area contributed by atoms with Gasteiger partial charge < -0.3 is 20.1 Å². The lowest BCUT2D eigenvalue weighted by atomic mass is 9.99. The van der Waals surface area contributed by atoms with Gasteiger partial charge in [0.25, 0.3) is 0 Å².